The van der Waals surface area contributed by atoms with E-state index in [1.54, 1.807) is 32.5 Å². The fourth-order valence-electron chi connectivity index (χ4n) is 1.97. The molecule has 0 saturated carbocycles. The first-order valence-corrected chi connectivity index (χ1v) is 6.75. The average molecular weight is 309 g/mol. The Hall–Kier alpha value is -1.98. The number of hydrogen-bond donors (Lipinski definition) is 1. The van der Waals surface area contributed by atoms with Gasteiger partial charge in [-0.2, -0.15) is 0 Å². The molecule has 0 atom stereocenters. The Morgan fingerprint density at radius 2 is 1.95 bits per heavy atom. The van der Waals surface area contributed by atoms with Crippen molar-refractivity contribution in [1.82, 2.24) is 4.98 Å². The van der Waals surface area contributed by atoms with Crippen LogP contribution in [0.5, 0.6) is 17.2 Å². The minimum Gasteiger partial charge on any atom is -0.493 e. The van der Waals surface area contributed by atoms with Gasteiger partial charge in [-0.1, -0.05) is 23.7 Å². The molecule has 0 aliphatic carbocycles. The number of benzene rings is 1. The molecule has 0 aliphatic rings. The number of hydrogen-bond acceptors (Lipinski definition) is 5. The van der Waals surface area contributed by atoms with Crippen molar-refractivity contribution in [2.45, 2.75) is 13.2 Å². The van der Waals surface area contributed by atoms with Crippen LogP contribution < -0.4 is 19.9 Å². The molecule has 0 unspecified atom stereocenters. The van der Waals surface area contributed by atoms with Crippen molar-refractivity contribution in [3.63, 3.8) is 0 Å². The van der Waals surface area contributed by atoms with Crippen LogP contribution in [0.2, 0.25) is 5.02 Å². The predicted octanol–water partition coefficient (Wildman–Crippen LogP) is 2.79. The van der Waals surface area contributed by atoms with Crippen LogP contribution in [0.25, 0.3) is 0 Å². The summed E-state index contributed by atoms with van der Waals surface area (Å²) in [4.78, 5) is 4.25. The zero-order chi connectivity index (χ0) is 15.2. The highest BCUT2D eigenvalue weighted by atomic mass is 35.5. The van der Waals surface area contributed by atoms with Crippen molar-refractivity contribution in [3.8, 4) is 17.2 Å². The predicted molar refractivity (Wildman–Crippen MR) is 81.0 cm³/mol. The van der Waals surface area contributed by atoms with Crippen molar-refractivity contribution in [3.05, 3.63) is 46.7 Å². The molecule has 1 aromatic heterocycles. The second-order valence-electron chi connectivity index (χ2n) is 4.21. The molecule has 21 heavy (non-hydrogen) atoms. The van der Waals surface area contributed by atoms with Crippen molar-refractivity contribution in [2.75, 3.05) is 14.2 Å². The molecule has 0 aliphatic heterocycles. The minimum atomic E-state index is 0.205. The van der Waals surface area contributed by atoms with E-state index in [0.29, 0.717) is 34.5 Å². The number of nitrogens with two attached hydrogens (primary N) is 1. The normalized spacial score (nSPS) is 10.3. The first kappa shape index (κ1) is 15.4. The second kappa shape index (κ2) is 7.15. The van der Waals surface area contributed by atoms with E-state index < -0.39 is 0 Å². The molecule has 2 aromatic rings. The summed E-state index contributed by atoms with van der Waals surface area (Å²) >= 11 is 6.15. The summed E-state index contributed by atoms with van der Waals surface area (Å²) in [5.74, 6) is 1.71. The lowest BCUT2D eigenvalue weighted by Crippen LogP contribution is -2.06. The van der Waals surface area contributed by atoms with Crippen LogP contribution in [0.4, 0.5) is 0 Å². The monoisotopic (exact) mass is 308 g/mol. The molecule has 0 radical (unpaired) electrons. The van der Waals surface area contributed by atoms with Gasteiger partial charge in [-0.05, 0) is 6.07 Å². The van der Waals surface area contributed by atoms with Gasteiger partial charge < -0.3 is 19.9 Å². The quantitative estimate of drug-likeness (QED) is 0.889. The summed E-state index contributed by atoms with van der Waals surface area (Å²) < 4.78 is 16.3. The molecular weight excluding hydrogens is 292 g/mol. The van der Waals surface area contributed by atoms with Gasteiger partial charge >= 0.3 is 0 Å². The van der Waals surface area contributed by atoms with E-state index in [1.807, 2.05) is 12.1 Å². The van der Waals surface area contributed by atoms with E-state index in [-0.39, 0.29) is 6.61 Å². The summed E-state index contributed by atoms with van der Waals surface area (Å²) in [5, 5.41) is 0.514. The van der Waals surface area contributed by atoms with Gasteiger partial charge in [-0.3, -0.25) is 4.98 Å². The van der Waals surface area contributed by atoms with Crippen molar-refractivity contribution < 1.29 is 14.2 Å². The molecule has 1 aromatic carbocycles. The first-order valence-electron chi connectivity index (χ1n) is 6.37. The van der Waals surface area contributed by atoms with Crippen LogP contribution in [-0.4, -0.2) is 19.2 Å². The van der Waals surface area contributed by atoms with E-state index in [9.17, 15) is 0 Å². The highest BCUT2D eigenvalue weighted by molar-refractivity contribution is 6.32. The topological polar surface area (TPSA) is 66.6 Å². The van der Waals surface area contributed by atoms with Crippen LogP contribution in [0.1, 0.15) is 11.3 Å². The zero-order valence-corrected chi connectivity index (χ0v) is 12.7. The summed E-state index contributed by atoms with van der Waals surface area (Å²) in [7, 11) is 3.13. The molecule has 112 valence electrons. The van der Waals surface area contributed by atoms with Crippen molar-refractivity contribution in [1.29, 1.82) is 0 Å². The SMILES string of the molecule is COc1ccnc(COc2c(Cl)cccc2CN)c1OC. The molecule has 0 bridgehead atoms. The lowest BCUT2D eigenvalue weighted by molar-refractivity contribution is 0.282. The van der Waals surface area contributed by atoms with E-state index in [2.05, 4.69) is 4.98 Å². The van der Waals surface area contributed by atoms with Gasteiger partial charge in [0.05, 0.1) is 19.2 Å². The number of methoxy groups -OCH3 is 2. The van der Waals surface area contributed by atoms with Gasteiger partial charge in [0, 0.05) is 24.4 Å². The number of nitrogens with zero attached hydrogens (tertiary/aromatic N) is 1. The fourth-order valence-corrected chi connectivity index (χ4v) is 2.22. The molecule has 0 spiro atoms. The Bertz CT molecular complexity index is 620. The van der Waals surface area contributed by atoms with Crippen LogP contribution in [0.15, 0.2) is 30.5 Å². The molecule has 1 heterocycles. The number of halogens is 1. The van der Waals surface area contributed by atoms with E-state index in [1.165, 1.54) is 0 Å². The number of para-hydroxylation sites is 1. The molecular formula is C15H17ClN2O3. The maximum atomic E-state index is 6.15. The lowest BCUT2D eigenvalue weighted by atomic mass is 10.2. The van der Waals surface area contributed by atoms with Gasteiger partial charge in [0.25, 0.3) is 0 Å². The molecule has 2 N–H and O–H groups in total. The maximum Gasteiger partial charge on any atom is 0.185 e. The van der Waals surface area contributed by atoms with Gasteiger partial charge in [-0.25, -0.2) is 0 Å². The first-order chi connectivity index (χ1) is 10.2. The van der Waals surface area contributed by atoms with E-state index >= 15 is 0 Å². The third-order valence-electron chi connectivity index (χ3n) is 2.99. The number of pyridine rings is 1. The Morgan fingerprint density at radius 1 is 1.14 bits per heavy atom. The smallest absolute Gasteiger partial charge is 0.185 e. The van der Waals surface area contributed by atoms with Crippen LogP contribution in [-0.2, 0) is 13.2 Å². The number of ether oxygens (including phenoxy) is 3. The van der Waals surface area contributed by atoms with Gasteiger partial charge in [-0.15, -0.1) is 0 Å². The van der Waals surface area contributed by atoms with Gasteiger partial charge in [0.2, 0.25) is 0 Å². The van der Waals surface area contributed by atoms with Crippen molar-refractivity contribution >= 4 is 11.6 Å². The number of rotatable bonds is 6. The minimum absolute atomic E-state index is 0.205. The Balaban J connectivity index is 2.25. The summed E-state index contributed by atoms with van der Waals surface area (Å²) in [6.07, 6.45) is 1.64. The third kappa shape index (κ3) is 3.37. The summed E-state index contributed by atoms with van der Waals surface area (Å²) in [6.45, 7) is 0.551. The van der Waals surface area contributed by atoms with Gasteiger partial charge in [0.1, 0.15) is 18.1 Å². The Kier molecular flexibility index (Phi) is 5.25. The molecule has 2 rings (SSSR count). The largest absolute Gasteiger partial charge is 0.493 e. The third-order valence-corrected chi connectivity index (χ3v) is 3.29. The molecule has 0 fully saturated rings. The maximum absolute atomic E-state index is 6.15. The van der Waals surface area contributed by atoms with Crippen LogP contribution in [0, 0.1) is 0 Å². The van der Waals surface area contributed by atoms with Crippen molar-refractivity contribution in [2.24, 2.45) is 5.73 Å². The summed E-state index contributed by atoms with van der Waals surface area (Å²) in [5.41, 5.74) is 7.15. The molecule has 6 heteroatoms. The Morgan fingerprint density at radius 3 is 2.62 bits per heavy atom. The number of aromatic nitrogens is 1. The molecule has 5 nitrogen and oxygen atoms in total. The Labute approximate surface area is 128 Å². The molecule has 0 amide bonds. The lowest BCUT2D eigenvalue weighted by Gasteiger charge is -2.14. The zero-order valence-electron chi connectivity index (χ0n) is 11.9. The van der Waals surface area contributed by atoms with Gasteiger partial charge in [0.15, 0.2) is 11.5 Å². The fraction of sp³-hybridized carbons (Fsp3) is 0.267. The van der Waals surface area contributed by atoms with E-state index in [0.717, 1.165) is 5.56 Å². The van der Waals surface area contributed by atoms with Crippen LogP contribution in [0.3, 0.4) is 0 Å². The van der Waals surface area contributed by atoms with Crippen LogP contribution >= 0.6 is 11.6 Å². The second-order valence-corrected chi connectivity index (χ2v) is 4.62. The molecule has 0 saturated heterocycles. The highest BCUT2D eigenvalue weighted by Crippen LogP contribution is 2.32. The summed E-state index contributed by atoms with van der Waals surface area (Å²) in [6, 6.07) is 7.19. The highest BCUT2D eigenvalue weighted by Gasteiger charge is 2.13. The average Bonchev–Trinajstić information content (AvgIpc) is 2.52. The standard InChI is InChI=1S/C15H17ClN2O3/c1-19-13-6-7-18-12(15(13)20-2)9-21-14-10(8-17)4-3-5-11(14)16/h3-7H,8-9,17H2,1-2H3. The van der Waals surface area contributed by atoms with E-state index in [4.69, 9.17) is 31.5 Å².